The van der Waals surface area contributed by atoms with Gasteiger partial charge in [0.05, 0.1) is 5.01 Å². The Morgan fingerprint density at radius 1 is 1.43 bits per heavy atom. The van der Waals surface area contributed by atoms with Crippen LogP contribution in [0.3, 0.4) is 0 Å². The zero-order valence-electron chi connectivity index (χ0n) is 7.90. The van der Waals surface area contributed by atoms with Gasteiger partial charge < -0.3 is 5.73 Å². The largest absolute Gasteiger partial charge is 0.383 e. The van der Waals surface area contributed by atoms with Gasteiger partial charge >= 0.3 is 0 Å². The number of aromatic nitrogens is 2. The van der Waals surface area contributed by atoms with Gasteiger partial charge in [0.1, 0.15) is 5.82 Å². The minimum absolute atomic E-state index is 0.605. The highest BCUT2D eigenvalue weighted by Crippen LogP contribution is 2.14. The fourth-order valence-electron chi connectivity index (χ4n) is 1.26. The van der Waals surface area contributed by atoms with Gasteiger partial charge in [0.15, 0.2) is 0 Å². The van der Waals surface area contributed by atoms with Crippen molar-refractivity contribution in [2.75, 3.05) is 5.73 Å². The van der Waals surface area contributed by atoms with E-state index < -0.39 is 0 Å². The number of nitrogens with two attached hydrogens (primary N) is 1. The van der Waals surface area contributed by atoms with E-state index in [1.54, 1.807) is 11.3 Å². The van der Waals surface area contributed by atoms with E-state index in [0.29, 0.717) is 5.82 Å². The lowest BCUT2D eigenvalue weighted by atomic mass is 10.1. The Bertz CT molecular complexity index is 423. The van der Waals surface area contributed by atoms with Gasteiger partial charge in [0.2, 0.25) is 0 Å². The molecule has 2 aromatic rings. The molecule has 72 valence electrons. The van der Waals surface area contributed by atoms with Crippen molar-refractivity contribution in [1.82, 2.24) is 9.97 Å². The predicted octanol–water partition coefficient (Wildman–Crippen LogP) is 2.02. The van der Waals surface area contributed by atoms with Crippen LogP contribution in [0.15, 0.2) is 23.8 Å². The van der Waals surface area contributed by atoms with Crippen LogP contribution in [0.1, 0.15) is 16.1 Å². The molecular weight excluding hydrogens is 194 g/mol. The number of hydrogen-bond donors (Lipinski definition) is 1. The van der Waals surface area contributed by atoms with Crippen LogP contribution in [0.4, 0.5) is 5.82 Å². The van der Waals surface area contributed by atoms with Gasteiger partial charge in [-0.3, -0.25) is 0 Å². The van der Waals surface area contributed by atoms with Gasteiger partial charge in [-0.25, -0.2) is 9.97 Å². The molecule has 0 saturated heterocycles. The van der Waals surface area contributed by atoms with Gasteiger partial charge in [-0.1, -0.05) is 6.07 Å². The zero-order valence-corrected chi connectivity index (χ0v) is 8.71. The van der Waals surface area contributed by atoms with Crippen LogP contribution >= 0.6 is 11.3 Å². The number of nitrogens with zero attached hydrogens (tertiary/aromatic N) is 2. The standard InChI is InChI=1S/C10H11N3S/c1-7-4-8(6-13-10(7)11)5-9-12-2-3-14-9/h2-4,6H,5H2,1H3,(H2,11,13). The summed E-state index contributed by atoms with van der Waals surface area (Å²) < 4.78 is 0. The first-order chi connectivity index (χ1) is 6.75. The molecule has 0 amide bonds. The smallest absolute Gasteiger partial charge is 0.126 e. The molecule has 4 heteroatoms. The van der Waals surface area contributed by atoms with Gasteiger partial charge in [-0.05, 0) is 18.1 Å². The lowest BCUT2D eigenvalue weighted by molar-refractivity contribution is 1.10. The number of rotatable bonds is 2. The molecule has 3 nitrogen and oxygen atoms in total. The minimum Gasteiger partial charge on any atom is -0.383 e. The second-order valence-corrected chi connectivity index (χ2v) is 4.13. The molecule has 0 saturated carbocycles. The first-order valence-corrected chi connectivity index (χ1v) is 5.23. The van der Waals surface area contributed by atoms with E-state index in [2.05, 4.69) is 16.0 Å². The number of thiazole rings is 1. The van der Waals surface area contributed by atoms with Crippen molar-refractivity contribution in [2.45, 2.75) is 13.3 Å². The Hall–Kier alpha value is -1.42. The lowest BCUT2D eigenvalue weighted by Gasteiger charge is -2.01. The summed E-state index contributed by atoms with van der Waals surface area (Å²) in [4.78, 5) is 8.34. The summed E-state index contributed by atoms with van der Waals surface area (Å²) in [5, 5.41) is 3.09. The van der Waals surface area contributed by atoms with E-state index in [1.165, 1.54) is 0 Å². The highest BCUT2D eigenvalue weighted by atomic mass is 32.1. The van der Waals surface area contributed by atoms with Crippen molar-refractivity contribution < 1.29 is 0 Å². The summed E-state index contributed by atoms with van der Waals surface area (Å²) in [5.41, 5.74) is 7.82. The van der Waals surface area contributed by atoms with Crippen LogP contribution < -0.4 is 5.73 Å². The molecular formula is C10H11N3S. The number of hydrogen-bond acceptors (Lipinski definition) is 4. The van der Waals surface area contributed by atoms with Gasteiger partial charge in [-0.2, -0.15) is 0 Å². The summed E-state index contributed by atoms with van der Waals surface area (Å²) in [6, 6.07) is 2.06. The molecule has 0 aromatic carbocycles. The Kier molecular flexibility index (Phi) is 2.45. The number of nitrogen functional groups attached to an aromatic ring is 1. The maximum atomic E-state index is 5.64. The van der Waals surface area contributed by atoms with E-state index in [0.717, 1.165) is 22.6 Å². The van der Waals surface area contributed by atoms with Crippen LogP contribution in [0.5, 0.6) is 0 Å². The molecule has 0 aliphatic rings. The summed E-state index contributed by atoms with van der Waals surface area (Å²) >= 11 is 1.66. The average molecular weight is 205 g/mol. The summed E-state index contributed by atoms with van der Waals surface area (Å²) in [6.07, 6.45) is 4.47. The monoisotopic (exact) mass is 205 g/mol. The SMILES string of the molecule is Cc1cc(Cc2nccs2)cnc1N. The first kappa shape index (κ1) is 9.15. The quantitative estimate of drug-likeness (QED) is 0.816. The maximum absolute atomic E-state index is 5.64. The van der Waals surface area contributed by atoms with Gasteiger partial charge in [0.25, 0.3) is 0 Å². The number of pyridine rings is 1. The third kappa shape index (κ3) is 1.90. The molecule has 2 rings (SSSR count). The van der Waals surface area contributed by atoms with E-state index >= 15 is 0 Å². The molecule has 0 aliphatic heterocycles. The minimum atomic E-state index is 0.605. The molecule has 2 aromatic heterocycles. The summed E-state index contributed by atoms with van der Waals surface area (Å²) in [7, 11) is 0. The van der Waals surface area contributed by atoms with E-state index in [4.69, 9.17) is 5.73 Å². The van der Waals surface area contributed by atoms with Crippen LogP contribution in [-0.2, 0) is 6.42 Å². The fourth-order valence-corrected chi connectivity index (χ4v) is 1.91. The summed E-state index contributed by atoms with van der Waals surface area (Å²) in [5.74, 6) is 0.605. The van der Waals surface area contributed by atoms with Crippen LogP contribution in [-0.4, -0.2) is 9.97 Å². The first-order valence-electron chi connectivity index (χ1n) is 4.35. The zero-order chi connectivity index (χ0) is 9.97. The van der Waals surface area contributed by atoms with Crippen LogP contribution in [0.25, 0.3) is 0 Å². The number of aryl methyl sites for hydroxylation is 1. The maximum Gasteiger partial charge on any atom is 0.126 e. The van der Waals surface area contributed by atoms with Gasteiger partial charge in [-0.15, -0.1) is 11.3 Å². The van der Waals surface area contributed by atoms with Crippen molar-refractivity contribution in [2.24, 2.45) is 0 Å². The van der Waals surface area contributed by atoms with E-state index in [9.17, 15) is 0 Å². The molecule has 0 radical (unpaired) electrons. The molecule has 0 aliphatic carbocycles. The molecule has 0 fully saturated rings. The van der Waals surface area contributed by atoms with Crippen LogP contribution in [0, 0.1) is 6.92 Å². The fraction of sp³-hybridized carbons (Fsp3) is 0.200. The third-order valence-electron chi connectivity index (χ3n) is 2.01. The Labute approximate surface area is 86.6 Å². The Morgan fingerprint density at radius 2 is 2.29 bits per heavy atom. The molecule has 0 unspecified atom stereocenters. The molecule has 0 bridgehead atoms. The molecule has 14 heavy (non-hydrogen) atoms. The second kappa shape index (κ2) is 3.75. The van der Waals surface area contributed by atoms with E-state index in [1.807, 2.05) is 24.7 Å². The topological polar surface area (TPSA) is 51.8 Å². The van der Waals surface area contributed by atoms with Crippen molar-refractivity contribution >= 4 is 17.2 Å². The highest BCUT2D eigenvalue weighted by molar-refractivity contribution is 7.09. The Balaban J connectivity index is 2.22. The van der Waals surface area contributed by atoms with Gasteiger partial charge in [0, 0.05) is 24.2 Å². The Morgan fingerprint density at radius 3 is 2.93 bits per heavy atom. The van der Waals surface area contributed by atoms with Crippen molar-refractivity contribution in [3.8, 4) is 0 Å². The molecule has 2 heterocycles. The van der Waals surface area contributed by atoms with Crippen molar-refractivity contribution in [3.63, 3.8) is 0 Å². The predicted molar refractivity (Wildman–Crippen MR) is 58.3 cm³/mol. The highest BCUT2D eigenvalue weighted by Gasteiger charge is 2.01. The third-order valence-corrected chi connectivity index (χ3v) is 2.79. The lowest BCUT2D eigenvalue weighted by Crippen LogP contribution is -1.96. The molecule has 2 N–H and O–H groups in total. The summed E-state index contributed by atoms with van der Waals surface area (Å²) in [6.45, 7) is 1.97. The normalized spacial score (nSPS) is 10.4. The second-order valence-electron chi connectivity index (χ2n) is 3.15. The number of anilines is 1. The van der Waals surface area contributed by atoms with Crippen LogP contribution in [0.2, 0.25) is 0 Å². The molecule has 0 atom stereocenters. The van der Waals surface area contributed by atoms with Crippen molar-refractivity contribution in [3.05, 3.63) is 40.0 Å². The molecule has 0 spiro atoms. The van der Waals surface area contributed by atoms with Crippen molar-refractivity contribution in [1.29, 1.82) is 0 Å². The average Bonchev–Trinajstić information content (AvgIpc) is 2.64. The van der Waals surface area contributed by atoms with E-state index in [-0.39, 0.29) is 0 Å².